The number of nitrogens with zero attached hydrogens (tertiary/aromatic N) is 2. The van der Waals surface area contributed by atoms with Crippen molar-refractivity contribution in [2.24, 2.45) is 7.05 Å². The van der Waals surface area contributed by atoms with Crippen LogP contribution in [0.5, 0.6) is 0 Å². The zero-order valence-corrected chi connectivity index (χ0v) is 14.7. The minimum Gasteiger partial charge on any atom is -0.327 e. The van der Waals surface area contributed by atoms with Crippen molar-refractivity contribution in [2.75, 3.05) is 5.32 Å². The fraction of sp³-hybridized carbons (Fsp3) is 0.0909. The normalized spacial score (nSPS) is 10.8. The molecule has 0 aliphatic carbocycles. The molecule has 1 N–H and O–H groups in total. The van der Waals surface area contributed by atoms with Gasteiger partial charge in [0.05, 0.1) is 11.0 Å². The first-order valence-electron chi connectivity index (χ1n) is 8.52. The molecule has 0 aliphatic heterocycles. The third-order valence-corrected chi connectivity index (χ3v) is 4.48. The van der Waals surface area contributed by atoms with Crippen LogP contribution < -0.4 is 5.32 Å². The highest BCUT2D eigenvalue weighted by molar-refractivity contribution is 6.04. The van der Waals surface area contributed by atoms with Crippen LogP contribution in [0.3, 0.4) is 0 Å². The number of amides is 1. The number of para-hydroxylation sites is 2. The van der Waals surface area contributed by atoms with Crippen LogP contribution in [0.15, 0.2) is 72.8 Å². The number of imidazole rings is 1. The quantitative estimate of drug-likeness (QED) is 0.582. The van der Waals surface area contributed by atoms with Gasteiger partial charge in [-0.1, -0.05) is 42.0 Å². The number of hydrogen-bond acceptors (Lipinski definition) is 2. The van der Waals surface area contributed by atoms with Crippen LogP contribution in [0, 0.1) is 6.92 Å². The Labute approximate surface area is 152 Å². The zero-order valence-electron chi connectivity index (χ0n) is 14.7. The highest BCUT2D eigenvalue weighted by Crippen LogP contribution is 2.25. The van der Waals surface area contributed by atoms with Crippen molar-refractivity contribution in [3.8, 4) is 11.4 Å². The van der Waals surface area contributed by atoms with Gasteiger partial charge in [0.25, 0.3) is 5.91 Å². The first-order chi connectivity index (χ1) is 12.6. The fourth-order valence-electron chi connectivity index (χ4n) is 3.05. The predicted octanol–water partition coefficient (Wildman–Crippen LogP) is 4.80. The summed E-state index contributed by atoms with van der Waals surface area (Å²) < 4.78 is 2.07. The molecule has 1 amide bonds. The van der Waals surface area contributed by atoms with E-state index >= 15 is 0 Å². The lowest BCUT2D eigenvalue weighted by molar-refractivity contribution is 0.102. The highest BCUT2D eigenvalue weighted by Gasteiger charge is 2.11. The standard InChI is InChI=1S/C22H19N3O/c1-15-10-12-16(13-11-15)22(26)23-18-7-5-6-17(14-18)21-24-19-8-3-4-9-20(19)25(21)2/h3-14H,1-2H3,(H,23,26). The molecule has 0 saturated carbocycles. The molecule has 4 aromatic rings. The Morgan fingerprint density at radius 1 is 0.962 bits per heavy atom. The summed E-state index contributed by atoms with van der Waals surface area (Å²) in [5.41, 5.74) is 5.52. The van der Waals surface area contributed by atoms with Crippen LogP contribution in [0.25, 0.3) is 22.4 Å². The van der Waals surface area contributed by atoms with Gasteiger partial charge in [0.2, 0.25) is 0 Å². The van der Waals surface area contributed by atoms with Crippen molar-refractivity contribution < 1.29 is 4.79 Å². The summed E-state index contributed by atoms with van der Waals surface area (Å²) in [6.45, 7) is 2.00. The van der Waals surface area contributed by atoms with Crippen LogP contribution in [-0.4, -0.2) is 15.5 Å². The van der Waals surface area contributed by atoms with Gasteiger partial charge in [-0.15, -0.1) is 0 Å². The van der Waals surface area contributed by atoms with Crippen LogP contribution in [0.2, 0.25) is 0 Å². The van der Waals surface area contributed by atoms with E-state index in [1.807, 2.05) is 80.7 Å². The number of carbonyl (C=O) groups is 1. The lowest BCUT2D eigenvalue weighted by Gasteiger charge is -2.08. The number of aromatic nitrogens is 2. The van der Waals surface area contributed by atoms with Gasteiger partial charge in [0.15, 0.2) is 0 Å². The zero-order chi connectivity index (χ0) is 18.1. The largest absolute Gasteiger partial charge is 0.327 e. The number of hydrogen-bond donors (Lipinski definition) is 1. The number of anilines is 1. The molecule has 0 aliphatic rings. The molecular formula is C22H19N3O. The van der Waals surface area contributed by atoms with Gasteiger partial charge in [-0.2, -0.15) is 0 Å². The maximum atomic E-state index is 12.4. The fourth-order valence-corrected chi connectivity index (χ4v) is 3.05. The van der Waals surface area contributed by atoms with Gasteiger partial charge >= 0.3 is 0 Å². The van der Waals surface area contributed by atoms with Gasteiger partial charge in [0, 0.05) is 23.9 Å². The van der Waals surface area contributed by atoms with Crippen molar-refractivity contribution in [1.29, 1.82) is 0 Å². The van der Waals surface area contributed by atoms with Gasteiger partial charge < -0.3 is 9.88 Å². The maximum absolute atomic E-state index is 12.4. The number of carbonyl (C=O) groups excluding carboxylic acids is 1. The third kappa shape index (κ3) is 2.97. The number of benzene rings is 3. The summed E-state index contributed by atoms with van der Waals surface area (Å²) in [6, 6.07) is 23.4. The second-order valence-corrected chi connectivity index (χ2v) is 6.38. The molecule has 0 bridgehead atoms. The first-order valence-corrected chi connectivity index (χ1v) is 8.52. The second-order valence-electron chi connectivity index (χ2n) is 6.38. The predicted molar refractivity (Wildman–Crippen MR) is 105 cm³/mol. The molecular weight excluding hydrogens is 322 g/mol. The molecule has 0 unspecified atom stereocenters. The molecule has 4 rings (SSSR count). The van der Waals surface area contributed by atoms with Crippen molar-refractivity contribution in [2.45, 2.75) is 6.92 Å². The van der Waals surface area contributed by atoms with E-state index in [1.54, 1.807) is 0 Å². The van der Waals surface area contributed by atoms with E-state index in [1.165, 1.54) is 0 Å². The summed E-state index contributed by atoms with van der Waals surface area (Å²) in [7, 11) is 2.00. The Bertz CT molecular complexity index is 1090. The Balaban J connectivity index is 1.65. The SMILES string of the molecule is Cc1ccc(C(=O)Nc2cccc(-c3nc4ccccc4n3C)c2)cc1. The summed E-state index contributed by atoms with van der Waals surface area (Å²) in [6.07, 6.45) is 0. The molecule has 0 atom stereocenters. The monoisotopic (exact) mass is 341 g/mol. The van der Waals surface area contributed by atoms with E-state index in [9.17, 15) is 4.79 Å². The third-order valence-electron chi connectivity index (χ3n) is 4.48. The van der Waals surface area contributed by atoms with Gasteiger partial charge in [-0.25, -0.2) is 4.98 Å². The van der Waals surface area contributed by atoms with Gasteiger partial charge in [0.1, 0.15) is 5.82 Å². The minimum atomic E-state index is -0.118. The molecule has 3 aromatic carbocycles. The van der Waals surface area contributed by atoms with Crippen molar-refractivity contribution in [3.63, 3.8) is 0 Å². The van der Waals surface area contributed by atoms with E-state index in [4.69, 9.17) is 4.98 Å². The topological polar surface area (TPSA) is 46.9 Å². The number of rotatable bonds is 3. The van der Waals surface area contributed by atoms with E-state index in [0.717, 1.165) is 33.7 Å². The number of nitrogens with one attached hydrogen (secondary N) is 1. The first kappa shape index (κ1) is 16.1. The maximum Gasteiger partial charge on any atom is 0.255 e. The molecule has 1 aromatic heterocycles. The molecule has 0 radical (unpaired) electrons. The van der Waals surface area contributed by atoms with Gasteiger partial charge in [-0.05, 0) is 43.3 Å². The van der Waals surface area contributed by atoms with Crippen LogP contribution in [-0.2, 0) is 7.05 Å². The number of fused-ring (bicyclic) bond motifs is 1. The highest BCUT2D eigenvalue weighted by atomic mass is 16.1. The average molecular weight is 341 g/mol. The Morgan fingerprint density at radius 2 is 1.73 bits per heavy atom. The van der Waals surface area contributed by atoms with E-state index in [2.05, 4.69) is 16.0 Å². The molecule has 1 heterocycles. The van der Waals surface area contributed by atoms with Crippen molar-refractivity contribution in [1.82, 2.24) is 9.55 Å². The Kier molecular flexibility index (Phi) is 4.01. The smallest absolute Gasteiger partial charge is 0.255 e. The molecule has 0 fully saturated rings. The lowest BCUT2D eigenvalue weighted by atomic mass is 10.1. The minimum absolute atomic E-state index is 0.118. The summed E-state index contributed by atoms with van der Waals surface area (Å²) >= 11 is 0. The molecule has 4 heteroatoms. The molecule has 128 valence electrons. The Morgan fingerprint density at radius 3 is 2.50 bits per heavy atom. The van der Waals surface area contributed by atoms with E-state index < -0.39 is 0 Å². The van der Waals surface area contributed by atoms with Crippen LogP contribution in [0.4, 0.5) is 5.69 Å². The lowest BCUT2D eigenvalue weighted by Crippen LogP contribution is -2.11. The second kappa shape index (κ2) is 6.48. The van der Waals surface area contributed by atoms with Crippen molar-refractivity contribution >= 4 is 22.6 Å². The number of aryl methyl sites for hydroxylation is 2. The molecule has 0 spiro atoms. The molecule has 26 heavy (non-hydrogen) atoms. The van der Waals surface area contributed by atoms with E-state index in [-0.39, 0.29) is 5.91 Å². The van der Waals surface area contributed by atoms with Gasteiger partial charge in [-0.3, -0.25) is 4.79 Å². The summed E-state index contributed by atoms with van der Waals surface area (Å²) in [5.74, 6) is 0.754. The Hall–Kier alpha value is -3.40. The average Bonchev–Trinajstić information content (AvgIpc) is 3.00. The summed E-state index contributed by atoms with van der Waals surface area (Å²) in [4.78, 5) is 17.2. The summed E-state index contributed by atoms with van der Waals surface area (Å²) in [5, 5.41) is 2.97. The van der Waals surface area contributed by atoms with E-state index in [0.29, 0.717) is 5.56 Å². The van der Waals surface area contributed by atoms with Crippen LogP contribution >= 0.6 is 0 Å². The van der Waals surface area contributed by atoms with Crippen molar-refractivity contribution in [3.05, 3.63) is 83.9 Å². The molecule has 0 saturated heterocycles. The molecule has 4 nitrogen and oxygen atoms in total. The van der Waals surface area contributed by atoms with Crippen LogP contribution in [0.1, 0.15) is 15.9 Å².